The molecule has 0 saturated carbocycles. The minimum absolute atomic E-state index is 0.211. The van der Waals surface area contributed by atoms with Gasteiger partial charge in [0.1, 0.15) is 0 Å². The number of hydrogen-bond donors (Lipinski definition) is 0. The number of likely N-dealkylation sites (tertiary alicyclic amines) is 1. The molecule has 1 atom stereocenters. The third-order valence-corrected chi connectivity index (χ3v) is 4.76. The second kappa shape index (κ2) is 5.32. The summed E-state index contributed by atoms with van der Waals surface area (Å²) in [6.45, 7) is 2.92. The van der Waals surface area contributed by atoms with Crippen molar-refractivity contribution in [3.63, 3.8) is 0 Å². The molecule has 2 nitrogen and oxygen atoms in total. The first-order valence-electron chi connectivity index (χ1n) is 5.63. The van der Waals surface area contributed by atoms with Crippen LogP contribution in [0, 0.1) is 6.92 Å². The Bertz CT molecular complexity index is 377. The lowest BCUT2D eigenvalue weighted by Gasteiger charge is -2.34. The van der Waals surface area contributed by atoms with Crippen molar-refractivity contribution in [2.45, 2.75) is 32.2 Å². The first-order chi connectivity index (χ1) is 7.74. The van der Waals surface area contributed by atoms with Gasteiger partial charge in [-0.05, 0) is 37.1 Å². The lowest BCUT2D eigenvalue weighted by molar-refractivity contribution is 0.0642. The van der Waals surface area contributed by atoms with E-state index in [9.17, 15) is 4.79 Å². The molecule has 0 aliphatic carbocycles. The van der Waals surface area contributed by atoms with Crippen LogP contribution in [0.15, 0.2) is 10.8 Å². The molecule has 0 radical (unpaired) electrons. The monoisotopic (exact) mass is 301 g/mol. The predicted molar refractivity (Wildman–Crippen MR) is 71.5 cm³/mol. The number of aryl methyl sites for hydroxylation is 1. The van der Waals surface area contributed by atoms with E-state index in [4.69, 9.17) is 0 Å². The summed E-state index contributed by atoms with van der Waals surface area (Å²) in [5.74, 6) is 0.211. The standard InChI is InChI=1S/C12H16BrNOS/c1-9-7-16-8-11(9)12(15)14-5-3-2-4-10(14)6-13/h7-8,10H,2-6H2,1H3. The molecule has 2 rings (SSSR count). The van der Waals surface area contributed by atoms with Gasteiger partial charge in [0.05, 0.1) is 5.56 Å². The number of carbonyl (C=O) groups is 1. The summed E-state index contributed by atoms with van der Waals surface area (Å²) in [6, 6.07) is 0.376. The van der Waals surface area contributed by atoms with Gasteiger partial charge in [-0.15, -0.1) is 0 Å². The average Bonchev–Trinajstić information content (AvgIpc) is 2.74. The summed E-state index contributed by atoms with van der Waals surface area (Å²) < 4.78 is 0. The van der Waals surface area contributed by atoms with Gasteiger partial charge in [-0.1, -0.05) is 15.9 Å². The highest BCUT2D eigenvalue weighted by molar-refractivity contribution is 9.09. The van der Waals surface area contributed by atoms with E-state index >= 15 is 0 Å². The van der Waals surface area contributed by atoms with Crippen LogP contribution in [0.1, 0.15) is 35.2 Å². The van der Waals surface area contributed by atoms with Crippen molar-refractivity contribution in [2.24, 2.45) is 0 Å². The maximum Gasteiger partial charge on any atom is 0.255 e. The van der Waals surface area contributed by atoms with Crippen molar-refractivity contribution in [2.75, 3.05) is 11.9 Å². The molecule has 1 fully saturated rings. The van der Waals surface area contributed by atoms with E-state index in [2.05, 4.69) is 15.9 Å². The third kappa shape index (κ3) is 2.33. The Balaban J connectivity index is 2.17. The molecule has 1 aromatic rings. The van der Waals surface area contributed by atoms with E-state index in [1.807, 2.05) is 22.6 Å². The Morgan fingerprint density at radius 1 is 1.56 bits per heavy atom. The smallest absolute Gasteiger partial charge is 0.255 e. The fraction of sp³-hybridized carbons (Fsp3) is 0.583. The number of piperidine rings is 1. The number of thiophene rings is 1. The molecule has 1 aliphatic rings. The topological polar surface area (TPSA) is 20.3 Å². The van der Waals surface area contributed by atoms with Gasteiger partial charge < -0.3 is 4.90 Å². The van der Waals surface area contributed by atoms with E-state index in [0.29, 0.717) is 6.04 Å². The van der Waals surface area contributed by atoms with Gasteiger partial charge in [0, 0.05) is 23.3 Å². The van der Waals surface area contributed by atoms with E-state index < -0.39 is 0 Å². The zero-order valence-corrected chi connectivity index (χ0v) is 11.8. The van der Waals surface area contributed by atoms with Gasteiger partial charge in [0.2, 0.25) is 0 Å². The van der Waals surface area contributed by atoms with E-state index in [-0.39, 0.29) is 5.91 Å². The molecule has 0 aromatic carbocycles. The lowest BCUT2D eigenvalue weighted by atomic mass is 10.0. The van der Waals surface area contributed by atoms with Gasteiger partial charge in [-0.3, -0.25) is 4.79 Å². The number of hydrogen-bond acceptors (Lipinski definition) is 2. The normalized spacial score (nSPS) is 21.1. The zero-order chi connectivity index (χ0) is 11.5. The summed E-state index contributed by atoms with van der Waals surface area (Å²) in [5.41, 5.74) is 1.99. The van der Waals surface area contributed by atoms with E-state index in [0.717, 1.165) is 35.8 Å². The van der Waals surface area contributed by atoms with Gasteiger partial charge in [0.25, 0.3) is 5.91 Å². The maximum atomic E-state index is 12.4. The molecule has 0 spiro atoms. The molecule has 0 bridgehead atoms. The molecule has 4 heteroatoms. The second-order valence-electron chi connectivity index (χ2n) is 4.27. The van der Waals surface area contributed by atoms with Crippen LogP contribution >= 0.6 is 27.3 Å². The molecule has 1 saturated heterocycles. The van der Waals surface area contributed by atoms with Gasteiger partial charge in [0.15, 0.2) is 0 Å². The summed E-state index contributed by atoms with van der Waals surface area (Å²) in [4.78, 5) is 14.4. The Morgan fingerprint density at radius 2 is 2.38 bits per heavy atom. The first-order valence-corrected chi connectivity index (χ1v) is 7.70. The largest absolute Gasteiger partial charge is 0.335 e. The molecule has 16 heavy (non-hydrogen) atoms. The number of nitrogens with zero attached hydrogens (tertiary/aromatic N) is 1. The molecule has 2 heterocycles. The highest BCUT2D eigenvalue weighted by Gasteiger charge is 2.27. The summed E-state index contributed by atoms with van der Waals surface area (Å²) in [7, 11) is 0. The van der Waals surface area contributed by atoms with E-state index in [1.54, 1.807) is 11.3 Å². The van der Waals surface area contributed by atoms with Crippen LogP contribution in [0.5, 0.6) is 0 Å². The number of rotatable bonds is 2. The highest BCUT2D eigenvalue weighted by atomic mass is 79.9. The molecule has 1 amide bonds. The van der Waals surface area contributed by atoms with Crippen molar-refractivity contribution in [1.29, 1.82) is 0 Å². The quantitative estimate of drug-likeness (QED) is 0.766. The molecule has 1 aliphatic heterocycles. The second-order valence-corrected chi connectivity index (χ2v) is 5.66. The number of carbonyl (C=O) groups excluding carboxylic acids is 1. The summed E-state index contributed by atoms with van der Waals surface area (Å²) in [5, 5.41) is 4.90. The Labute approximate surface area is 109 Å². The Kier molecular flexibility index (Phi) is 4.03. The number of halogens is 1. The van der Waals surface area contributed by atoms with Crippen LogP contribution in [0.2, 0.25) is 0 Å². The predicted octanol–water partition coefficient (Wildman–Crippen LogP) is 3.45. The van der Waals surface area contributed by atoms with Crippen LogP contribution in [-0.2, 0) is 0 Å². The maximum absolute atomic E-state index is 12.4. The first kappa shape index (κ1) is 12.1. The van der Waals surface area contributed by atoms with Crippen molar-refractivity contribution in [1.82, 2.24) is 4.90 Å². The van der Waals surface area contributed by atoms with Gasteiger partial charge in [-0.25, -0.2) is 0 Å². The third-order valence-electron chi connectivity index (χ3n) is 3.15. The minimum Gasteiger partial charge on any atom is -0.335 e. The number of alkyl halides is 1. The lowest BCUT2D eigenvalue weighted by Crippen LogP contribution is -2.44. The summed E-state index contributed by atoms with van der Waals surface area (Å²) in [6.07, 6.45) is 3.50. The Morgan fingerprint density at radius 3 is 3.00 bits per heavy atom. The molecule has 88 valence electrons. The molecule has 1 aromatic heterocycles. The number of amides is 1. The van der Waals surface area contributed by atoms with Crippen LogP contribution in [0.4, 0.5) is 0 Å². The van der Waals surface area contributed by atoms with Crippen LogP contribution in [0.25, 0.3) is 0 Å². The molecule has 1 unspecified atom stereocenters. The SMILES string of the molecule is Cc1cscc1C(=O)N1CCCCC1CBr. The fourth-order valence-electron chi connectivity index (χ4n) is 2.16. The van der Waals surface area contributed by atoms with Crippen LogP contribution in [0.3, 0.4) is 0 Å². The highest BCUT2D eigenvalue weighted by Crippen LogP contribution is 2.23. The van der Waals surface area contributed by atoms with E-state index in [1.165, 1.54) is 6.42 Å². The minimum atomic E-state index is 0.211. The zero-order valence-electron chi connectivity index (χ0n) is 9.41. The van der Waals surface area contributed by atoms with Crippen molar-refractivity contribution in [3.8, 4) is 0 Å². The van der Waals surface area contributed by atoms with Crippen molar-refractivity contribution < 1.29 is 4.79 Å². The molecular formula is C12H16BrNOS. The Hall–Kier alpha value is -0.350. The van der Waals surface area contributed by atoms with Crippen LogP contribution < -0.4 is 0 Å². The van der Waals surface area contributed by atoms with Crippen molar-refractivity contribution in [3.05, 3.63) is 21.9 Å². The van der Waals surface area contributed by atoms with Crippen molar-refractivity contribution >= 4 is 33.2 Å². The van der Waals surface area contributed by atoms with Gasteiger partial charge in [-0.2, -0.15) is 11.3 Å². The molecule has 0 N–H and O–H groups in total. The fourth-order valence-corrected chi connectivity index (χ4v) is 3.66. The van der Waals surface area contributed by atoms with Crippen LogP contribution in [-0.4, -0.2) is 28.7 Å². The molecular weight excluding hydrogens is 286 g/mol. The average molecular weight is 302 g/mol. The van der Waals surface area contributed by atoms with Gasteiger partial charge >= 0.3 is 0 Å². The summed E-state index contributed by atoms with van der Waals surface area (Å²) >= 11 is 5.12.